The lowest BCUT2D eigenvalue weighted by Crippen LogP contribution is -2.15. The van der Waals surface area contributed by atoms with Gasteiger partial charge in [-0.25, -0.2) is 4.68 Å². The average Bonchev–Trinajstić information content (AvgIpc) is 3.10. The fraction of sp³-hybridized carbons (Fsp3) is 0.882. The summed E-state index contributed by atoms with van der Waals surface area (Å²) < 4.78 is 28.7. The highest BCUT2D eigenvalue weighted by Crippen LogP contribution is 2.08. The van der Waals surface area contributed by atoms with Crippen LogP contribution in [0.15, 0.2) is 6.20 Å². The normalized spacial score (nSPS) is 11.5. The Balaban J connectivity index is 1.77. The number of nitrogens with two attached hydrogens (primary N) is 1. The van der Waals surface area contributed by atoms with Gasteiger partial charge in [0.25, 0.3) is 0 Å². The Labute approximate surface area is 156 Å². The third kappa shape index (κ3) is 12.3. The molecule has 0 aliphatic rings. The molecule has 0 aliphatic heterocycles. The van der Waals surface area contributed by atoms with Gasteiger partial charge in [-0.2, -0.15) is 0 Å². The van der Waals surface area contributed by atoms with Crippen molar-refractivity contribution in [1.29, 1.82) is 0 Å². The second kappa shape index (κ2) is 16.1. The van der Waals surface area contributed by atoms with Crippen LogP contribution in [-0.2, 0) is 30.2 Å². The highest BCUT2D eigenvalue weighted by molar-refractivity contribution is 4.97. The summed E-state index contributed by atoms with van der Waals surface area (Å²) >= 11 is 0. The summed E-state index contributed by atoms with van der Waals surface area (Å²) in [6, 6.07) is 0. The first-order valence-electron chi connectivity index (χ1n) is 9.23. The Morgan fingerprint density at radius 2 is 1.27 bits per heavy atom. The first kappa shape index (κ1) is 22.9. The van der Waals surface area contributed by atoms with E-state index in [1.54, 1.807) is 4.68 Å². The molecule has 1 aromatic rings. The predicted molar refractivity (Wildman–Crippen MR) is 97.3 cm³/mol. The first-order valence-corrected chi connectivity index (χ1v) is 9.23. The third-order valence-corrected chi connectivity index (χ3v) is 3.36. The maximum atomic E-state index is 5.51. The van der Waals surface area contributed by atoms with Crippen LogP contribution in [0, 0.1) is 0 Å². The minimum absolute atomic E-state index is 0.391. The molecular weight excluding hydrogens is 340 g/mol. The van der Waals surface area contributed by atoms with Gasteiger partial charge in [0.1, 0.15) is 0 Å². The van der Waals surface area contributed by atoms with Gasteiger partial charge in [0.2, 0.25) is 0 Å². The fourth-order valence-corrected chi connectivity index (χ4v) is 1.91. The van der Waals surface area contributed by atoms with E-state index in [2.05, 4.69) is 24.2 Å². The lowest BCUT2D eigenvalue weighted by Gasteiger charge is -2.07. The molecule has 0 aliphatic carbocycles. The van der Waals surface area contributed by atoms with Crippen molar-refractivity contribution < 1.29 is 23.7 Å². The maximum absolute atomic E-state index is 5.51. The lowest BCUT2D eigenvalue weighted by atomic mass is 10.2. The first-order chi connectivity index (χ1) is 12.7. The van der Waals surface area contributed by atoms with Gasteiger partial charge >= 0.3 is 0 Å². The van der Waals surface area contributed by atoms with Crippen LogP contribution in [0.25, 0.3) is 0 Å². The average molecular weight is 374 g/mol. The molecule has 0 aromatic carbocycles. The molecule has 1 rings (SSSR count). The van der Waals surface area contributed by atoms with Crippen molar-refractivity contribution in [3.8, 4) is 0 Å². The fourth-order valence-electron chi connectivity index (χ4n) is 1.91. The molecular formula is C17H34N4O5. The standard InChI is InChI=1S/C17H34N4O5/c1-16(2)17-15-21(20-19-17)4-6-23-8-10-25-12-14-26-13-11-24-9-7-22-5-3-18/h15-16H,3-14,18H2,1-2H3. The van der Waals surface area contributed by atoms with Crippen molar-refractivity contribution in [3.05, 3.63) is 11.9 Å². The second-order valence-corrected chi connectivity index (χ2v) is 5.91. The van der Waals surface area contributed by atoms with E-state index in [1.807, 2.05) is 6.20 Å². The van der Waals surface area contributed by atoms with E-state index in [4.69, 9.17) is 29.4 Å². The van der Waals surface area contributed by atoms with Crippen molar-refractivity contribution in [1.82, 2.24) is 15.0 Å². The molecule has 0 spiro atoms. The van der Waals surface area contributed by atoms with Crippen LogP contribution in [0.1, 0.15) is 25.5 Å². The lowest BCUT2D eigenvalue weighted by molar-refractivity contribution is -0.0111. The number of nitrogens with zero attached hydrogens (tertiary/aromatic N) is 3. The van der Waals surface area contributed by atoms with Crippen molar-refractivity contribution >= 4 is 0 Å². The Morgan fingerprint density at radius 1 is 0.808 bits per heavy atom. The molecule has 0 saturated carbocycles. The topological polar surface area (TPSA) is 103 Å². The van der Waals surface area contributed by atoms with Gasteiger partial charge in [0.05, 0.1) is 78.3 Å². The van der Waals surface area contributed by atoms with E-state index in [-0.39, 0.29) is 0 Å². The van der Waals surface area contributed by atoms with Crippen LogP contribution in [0.5, 0.6) is 0 Å². The Morgan fingerprint density at radius 3 is 1.69 bits per heavy atom. The summed E-state index contributed by atoms with van der Waals surface area (Å²) in [5.74, 6) is 0.391. The zero-order valence-corrected chi connectivity index (χ0v) is 16.1. The quantitative estimate of drug-likeness (QED) is 0.369. The van der Waals surface area contributed by atoms with Gasteiger partial charge in [-0.05, 0) is 5.92 Å². The molecule has 0 saturated heterocycles. The van der Waals surface area contributed by atoms with Crippen molar-refractivity contribution in [2.24, 2.45) is 5.73 Å². The minimum atomic E-state index is 0.391. The molecule has 0 radical (unpaired) electrons. The van der Waals surface area contributed by atoms with E-state index in [9.17, 15) is 0 Å². The molecule has 1 heterocycles. The van der Waals surface area contributed by atoms with E-state index >= 15 is 0 Å². The molecule has 26 heavy (non-hydrogen) atoms. The molecule has 9 heteroatoms. The SMILES string of the molecule is CC(C)c1cn(CCOCCOCCOCCOCCOCCN)nn1. The van der Waals surface area contributed by atoms with Gasteiger partial charge in [0.15, 0.2) is 0 Å². The number of aromatic nitrogens is 3. The summed E-state index contributed by atoms with van der Waals surface area (Å²) in [6.45, 7) is 11.0. The second-order valence-electron chi connectivity index (χ2n) is 5.91. The van der Waals surface area contributed by atoms with Gasteiger partial charge in [0, 0.05) is 12.7 Å². The van der Waals surface area contributed by atoms with Crippen LogP contribution in [0.2, 0.25) is 0 Å². The molecule has 152 valence electrons. The van der Waals surface area contributed by atoms with E-state index in [1.165, 1.54) is 0 Å². The van der Waals surface area contributed by atoms with Crippen LogP contribution in [-0.4, -0.2) is 87.6 Å². The Bertz CT molecular complexity index is 431. The van der Waals surface area contributed by atoms with Crippen LogP contribution in [0.3, 0.4) is 0 Å². The summed E-state index contributed by atoms with van der Waals surface area (Å²) in [6.07, 6.45) is 1.96. The molecule has 0 unspecified atom stereocenters. The number of ether oxygens (including phenoxy) is 5. The van der Waals surface area contributed by atoms with Crippen LogP contribution in [0.4, 0.5) is 0 Å². The summed E-state index contributed by atoms with van der Waals surface area (Å²) in [4.78, 5) is 0. The molecule has 0 bridgehead atoms. The smallest absolute Gasteiger partial charge is 0.0852 e. The molecule has 0 fully saturated rings. The van der Waals surface area contributed by atoms with Crippen molar-refractivity contribution in [3.63, 3.8) is 0 Å². The van der Waals surface area contributed by atoms with Crippen molar-refractivity contribution in [2.45, 2.75) is 26.3 Å². The number of hydrogen-bond donors (Lipinski definition) is 1. The van der Waals surface area contributed by atoms with Crippen LogP contribution < -0.4 is 5.73 Å². The largest absolute Gasteiger partial charge is 0.378 e. The van der Waals surface area contributed by atoms with Gasteiger partial charge < -0.3 is 29.4 Å². The Hall–Kier alpha value is -1.10. The van der Waals surface area contributed by atoms with Crippen LogP contribution >= 0.6 is 0 Å². The summed E-state index contributed by atoms with van der Waals surface area (Å²) in [5, 5.41) is 8.17. The van der Waals surface area contributed by atoms with E-state index in [0.29, 0.717) is 85.1 Å². The highest BCUT2D eigenvalue weighted by atomic mass is 16.6. The number of hydrogen-bond acceptors (Lipinski definition) is 8. The van der Waals surface area contributed by atoms with Gasteiger partial charge in [-0.1, -0.05) is 19.1 Å². The monoisotopic (exact) mass is 374 g/mol. The van der Waals surface area contributed by atoms with Crippen molar-refractivity contribution in [2.75, 3.05) is 72.6 Å². The summed E-state index contributed by atoms with van der Waals surface area (Å²) in [5.41, 5.74) is 6.30. The highest BCUT2D eigenvalue weighted by Gasteiger charge is 2.04. The van der Waals surface area contributed by atoms with Gasteiger partial charge in [-0.15, -0.1) is 5.10 Å². The summed E-state index contributed by atoms with van der Waals surface area (Å²) in [7, 11) is 0. The number of rotatable bonds is 18. The molecule has 0 atom stereocenters. The zero-order valence-electron chi connectivity index (χ0n) is 16.1. The Kier molecular flexibility index (Phi) is 14.2. The maximum Gasteiger partial charge on any atom is 0.0852 e. The molecule has 0 amide bonds. The minimum Gasteiger partial charge on any atom is -0.378 e. The third-order valence-electron chi connectivity index (χ3n) is 3.36. The van der Waals surface area contributed by atoms with E-state index < -0.39 is 0 Å². The molecule has 9 nitrogen and oxygen atoms in total. The zero-order chi connectivity index (χ0) is 18.9. The van der Waals surface area contributed by atoms with Gasteiger partial charge in [-0.3, -0.25) is 0 Å². The van der Waals surface area contributed by atoms with E-state index in [0.717, 1.165) is 5.69 Å². The molecule has 1 aromatic heterocycles. The predicted octanol–water partition coefficient (Wildman–Crippen LogP) is 0.443. The molecule has 2 N–H and O–H groups in total.